The van der Waals surface area contributed by atoms with Gasteiger partial charge in [-0.05, 0) is 17.0 Å². The van der Waals surface area contributed by atoms with Gasteiger partial charge < -0.3 is 5.11 Å². The molecule has 0 aromatic heterocycles. The second-order valence-electron chi connectivity index (χ2n) is 3.38. The van der Waals surface area contributed by atoms with Crippen LogP contribution in [0.5, 0.6) is 0 Å². The Morgan fingerprint density at radius 2 is 2.29 bits per heavy atom. The molecule has 0 amide bonds. The molecule has 0 aliphatic rings. The first-order valence-corrected chi connectivity index (χ1v) is 5.62. The molecular weight excluding hydrogens is 244 g/mol. The zero-order valence-corrected chi connectivity index (χ0v) is 9.62. The standard InChI is InChI=1S/C11H13BrO2/c1-8(5-11(13)14)10-4-2-3-9(6-10)7-12/h2-4,6,8H,5,7H2,1H3,(H,13,14). The summed E-state index contributed by atoms with van der Waals surface area (Å²) in [7, 11) is 0. The Morgan fingerprint density at radius 1 is 1.57 bits per heavy atom. The molecule has 2 nitrogen and oxygen atoms in total. The number of carbonyl (C=O) groups is 1. The van der Waals surface area contributed by atoms with Crippen LogP contribution in [-0.2, 0) is 10.1 Å². The molecule has 0 aliphatic carbocycles. The molecule has 1 aromatic carbocycles. The van der Waals surface area contributed by atoms with Crippen LogP contribution in [0, 0.1) is 0 Å². The Bertz CT molecular complexity index is 323. The third-order valence-corrected chi connectivity index (χ3v) is 2.80. The summed E-state index contributed by atoms with van der Waals surface area (Å²) in [6.45, 7) is 1.93. The molecule has 0 saturated carbocycles. The monoisotopic (exact) mass is 256 g/mol. The number of carboxylic acids is 1. The van der Waals surface area contributed by atoms with Crippen molar-refractivity contribution in [2.75, 3.05) is 0 Å². The fourth-order valence-corrected chi connectivity index (χ4v) is 1.71. The van der Waals surface area contributed by atoms with Crippen molar-refractivity contribution in [2.24, 2.45) is 0 Å². The maximum absolute atomic E-state index is 10.5. The van der Waals surface area contributed by atoms with Gasteiger partial charge in [-0.1, -0.05) is 47.1 Å². The average molecular weight is 257 g/mol. The van der Waals surface area contributed by atoms with Crippen LogP contribution >= 0.6 is 15.9 Å². The molecule has 76 valence electrons. The van der Waals surface area contributed by atoms with Crippen molar-refractivity contribution in [1.29, 1.82) is 0 Å². The highest BCUT2D eigenvalue weighted by molar-refractivity contribution is 9.08. The van der Waals surface area contributed by atoms with Crippen molar-refractivity contribution in [3.8, 4) is 0 Å². The number of halogens is 1. The number of rotatable bonds is 4. The lowest BCUT2D eigenvalue weighted by molar-refractivity contribution is -0.137. The Labute approximate surface area is 92.1 Å². The topological polar surface area (TPSA) is 37.3 Å². The number of carboxylic acid groups (broad SMARTS) is 1. The Hall–Kier alpha value is -0.830. The second-order valence-corrected chi connectivity index (χ2v) is 3.94. The normalized spacial score (nSPS) is 12.4. The minimum absolute atomic E-state index is 0.0755. The predicted molar refractivity (Wildman–Crippen MR) is 59.7 cm³/mol. The van der Waals surface area contributed by atoms with Gasteiger partial charge in [-0.2, -0.15) is 0 Å². The molecule has 0 bridgehead atoms. The van der Waals surface area contributed by atoms with Gasteiger partial charge in [-0.3, -0.25) is 4.79 Å². The van der Waals surface area contributed by atoms with Gasteiger partial charge in [-0.15, -0.1) is 0 Å². The van der Waals surface area contributed by atoms with Gasteiger partial charge in [0.1, 0.15) is 0 Å². The lowest BCUT2D eigenvalue weighted by atomic mass is 9.96. The van der Waals surface area contributed by atoms with Crippen LogP contribution in [0.1, 0.15) is 30.4 Å². The molecule has 0 heterocycles. The van der Waals surface area contributed by atoms with Crippen LogP contribution in [0.25, 0.3) is 0 Å². The molecule has 0 fully saturated rings. The molecule has 0 aliphatic heterocycles. The summed E-state index contributed by atoms with van der Waals surface area (Å²) < 4.78 is 0. The quantitative estimate of drug-likeness (QED) is 0.841. The smallest absolute Gasteiger partial charge is 0.303 e. The fourth-order valence-electron chi connectivity index (χ4n) is 1.36. The molecule has 14 heavy (non-hydrogen) atoms. The van der Waals surface area contributed by atoms with E-state index in [2.05, 4.69) is 15.9 Å². The van der Waals surface area contributed by atoms with Crippen molar-refractivity contribution in [1.82, 2.24) is 0 Å². The second kappa shape index (κ2) is 5.15. The molecule has 3 heteroatoms. The van der Waals surface area contributed by atoms with Crippen molar-refractivity contribution in [3.05, 3.63) is 35.4 Å². The maximum atomic E-state index is 10.5. The highest BCUT2D eigenvalue weighted by Crippen LogP contribution is 2.20. The number of hydrogen-bond acceptors (Lipinski definition) is 1. The lowest BCUT2D eigenvalue weighted by Gasteiger charge is -2.09. The van der Waals surface area contributed by atoms with Crippen LogP contribution in [0.15, 0.2) is 24.3 Å². The Kier molecular flexibility index (Phi) is 4.14. The van der Waals surface area contributed by atoms with Gasteiger partial charge >= 0.3 is 5.97 Å². The molecule has 0 radical (unpaired) electrons. The van der Waals surface area contributed by atoms with Gasteiger partial charge in [0.2, 0.25) is 0 Å². The third-order valence-electron chi connectivity index (χ3n) is 2.16. The average Bonchev–Trinajstić information content (AvgIpc) is 2.17. The fraction of sp³-hybridized carbons (Fsp3) is 0.364. The highest BCUT2D eigenvalue weighted by atomic mass is 79.9. The SMILES string of the molecule is CC(CC(=O)O)c1cccc(CBr)c1. The van der Waals surface area contributed by atoms with E-state index in [-0.39, 0.29) is 12.3 Å². The Morgan fingerprint density at radius 3 is 2.86 bits per heavy atom. The Balaban J connectivity index is 2.78. The molecule has 1 rings (SSSR count). The van der Waals surface area contributed by atoms with Crippen LogP contribution in [0.2, 0.25) is 0 Å². The van der Waals surface area contributed by atoms with E-state index in [0.717, 1.165) is 10.9 Å². The van der Waals surface area contributed by atoms with E-state index in [1.807, 2.05) is 31.2 Å². The van der Waals surface area contributed by atoms with Gasteiger partial charge in [0.25, 0.3) is 0 Å². The van der Waals surface area contributed by atoms with Crippen molar-refractivity contribution >= 4 is 21.9 Å². The summed E-state index contributed by atoms with van der Waals surface area (Å²) in [6.07, 6.45) is 0.186. The number of alkyl halides is 1. The summed E-state index contributed by atoms with van der Waals surface area (Å²) in [6, 6.07) is 8.00. The van der Waals surface area contributed by atoms with Crippen LogP contribution in [-0.4, -0.2) is 11.1 Å². The van der Waals surface area contributed by atoms with Gasteiger partial charge in [-0.25, -0.2) is 0 Å². The number of hydrogen-bond donors (Lipinski definition) is 1. The van der Waals surface area contributed by atoms with E-state index in [4.69, 9.17) is 5.11 Å². The van der Waals surface area contributed by atoms with E-state index < -0.39 is 5.97 Å². The molecule has 0 saturated heterocycles. The first-order chi connectivity index (χ1) is 6.63. The van der Waals surface area contributed by atoms with E-state index >= 15 is 0 Å². The van der Waals surface area contributed by atoms with Crippen molar-refractivity contribution in [3.63, 3.8) is 0 Å². The van der Waals surface area contributed by atoms with Crippen LogP contribution < -0.4 is 0 Å². The van der Waals surface area contributed by atoms with Gasteiger partial charge in [0.05, 0.1) is 6.42 Å². The summed E-state index contributed by atoms with van der Waals surface area (Å²) in [4.78, 5) is 10.5. The zero-order valence-electron chi connectivity index (χ0n) is 8.03. The largest absolute Gasteiger partial charge is 0.481 e. The number of benzene rings is 1. The van der Waals surface area contributed by atoms with E-state index in [9.17, 15) is 4.79 Å². The summed E-state index contributed by atoms with van der Waals surface area (Å²) in [5.74, 6) is -0.673. The molecule has 1 atom stereocenters. The zero-order chi connectivity index (χ0) is 10.6. The highest BCUT2D eigenvalue weighted by Gasteiger charge is 2.09. The number of aliphatic carboxylic acids is 1. The first-order valence-electron chi connectivity index (χ1n) is 4.50. The summed E-state index contributed by atoms with van der Waals surface area (Å²) >= 11 is 3.38. The molecule has 1 N–H and O–H groups in total. The maximum Gasteiger partial charge on any atom is 0.303 e. The third kappa shape index (κ3) is 3.14. The predicted octanol–water partition coefficient (Wildman–Crippen LogP) is 3.16. The molecule has 1 aromatic rings. The van der Waals surface area contributed by atoms with Crippen molar-refractivity contribution < 1.29 is 9.90 Å². The van der Waals surface area contributed by atoms with Crippen LogP contribution in [0.3, 0.4) is 0 Å². The van der Waals surface area contributed by atoms with E-state index in [0.29, 0.717) is 0 Å². The summed E-state index contributed by atoms with van der Waals surface area (Å²) in [5.41, 5.74) is 2.27. The minimum Gasteiger partial charge on any atom is -0.481 e. The molecule has 0 spiro atoms. The summed E-state index contributed by atoms with van der Waals surface area (Å²) in [5, 5.41) is 9.47. The molecular formula is C11H13BrO2. The molecule has 1 unspecified atom stereocenters. The minimum atomic E-state index is -0.748. The van der Waals surface area contributed by atoms with Crippen molar-refractivity contribution in [2.45, 2.75) is 24.6 Å². The first kappa shape index (κ1) is 11.2. The van der Waals surface area contributed by atoms with Crippen LogP contribution in [0.4, 0.5) is 0 Å². The van der Waals surface area contributed by atoms with Gasteiger partial charge in [0, 0.05) is 5.33 Å². The lowest BCUT2D eigenvalue weighted by Crippen LogP contribution is -2.02. The van der Waals surface area contributed by atoms with E-state index in [1.165, 1.54) is 5.56 Å². The van der Waals surface area contributed by atoms with Gasteiger partial charge in [0.15, 0.2) is 0 Å². The van der Waals surface area contributed by atoms with E-state index in [1.54, 1.807) is 0 Å².